The summed E-state index contributed by atoms with van der Waals surface area (Å²) >= 11 is 6.72. The highest BCUT2D eigenvalue weighted by atomic mass is 35.5. The number of hydrogen-bond acceptors (Lipinski definition) is 6. The lowest BCUT2D eigenvalue weighted by atomic mass is 9.97. The van der Waals surface area contributed by atoms with Crippen LogP contribution < -0.4 is 5.73 Å². The maximum Gasteiger partial charge on any atom is 0.255 e. The molecule has 1 amide bonds. The summed E-state index contributed by atoms with van der Waals surface area (Å²) in [7, 11) is 0. The Bertz CT molecular complexity index is 1240. The van der Waals surface area contributed by atoms with Crippen LogP contribution in [0.25, 0.3) is 22.4 Å². The van der Waals surface area contributed by atoms with Gasteiger partial charge in [0.15, 0.2) is 0 Å². The Morgan fingerprint density at radius 2 is 1.83 bits per heavy atom. The molecule has 0 spiro atoms. The second-order valence-electron chi connectivity index (χ2n) is 9.98. The molecule has 0 aliphatic carbocycles. The third-order valence-electron chi connectivity index (χ3n) is 7.59. The lowest BCUT2D eigenvalue weighted by Gasteiger charge is -2.34. The third-order valence-corrected chi connectivity index (χ3v) is 7.91. The Balaban J connectivity index is 1.38. The minimum Gasteiger partial charge on any atom is -0.384 e. The van der Waals surface area contributed by atoms with Gasteiger partial charge < -0.3 is 10.6 Å². The summed E-state index contributed by atoms with van der Waals surface area (Å²) in [5, 5.41) is 0.436. The van der Waals surface area contributed by atoms with Crippen molar-refractivity contribution in [3.8, 4) is 22.4 Å². The fourth-order valence-corrected chi connectivity index (χ4v) is 5.65. The van der Waals surface area contributed by atoms with Crippen LogP contribution in [0.2, 0.25) is 5.02 Å². The zero-order chi connectivity index (χ0) is 25.2. The van der Waals surface area contributed by atoms with Crippen molar-refractivity contribution in [2.24, 2.45) is 5.92 Å². The SMILES string of the molecule is CCc1ncnc(-c2ccc(C(=O)N3CCC(N4CCC(C)CC4)C3)c(Cl)c2)c1-c1ccc(N)nc1. The van der Waals surface area contributed by atoms with Crippen molar-refractivity contribution < 1.29 is 4.79 Å². The van der Waals surface area contributed by atoms with Gasteiger partial charge in [-0.05, 0) is 69.0 Å². The molecule has 3 aromatic rings. The van der Waals surface area contributed by atoms with Gasteiger partial charge in [0.1, 0.15) is 12.1 Å². The number of rotatable bonds is 5. The Hall–Kier alpha value is -3.03. The van der Waals surface area contributed by atoms with E-state index in [0.717, 1.165) is 73.0 Å². The van der Waals surface area contributed by atoms with Gasteiger partial charge in [-0.15, -0.1) is 0 Å². The van der Waals surface area contributed by atoms with Crippen LogP contribution in [0.15, 0.2) is 42.9 Å². The van der Waals surface area contributed by atoms with Crippen LogP contribution in [0.3, 0.4) is 0 Å². The predicted molar refractivity (Wildman–Crippen MR) is 144 cm³/mol. The molecule has 2 aliphatic rings. The standard InChI is InChI=1S/C28H33ClN6O/c1-3-24-26(20-5-7-25(30)31-15-20)27(33-17-32-24)19-4-6-22(23(29)14-19)28(36)35-13-10-21(16-35)34-11-8-18(2)9-12-34/h4-7,14-15,17-18,21H,3,8-13,16H2,1-2H3,(H2,30,31). The highest BCUT2D eigenvalue weighted by Gasteiger charge is 2.33. The fraction of sp³-hybridized carbons (Fsp3) is 0.429. The Morgan fingerprint density at radius 3 is 2.53 bits per heavy atom. The largest absolute Gasteiger partial charge is 0.384 e. The topological polar surface area (TPSA) is 88.2 Å². The van der Waals surface area contributed by atoms with Crippen molar-refractivity contribution in [2.45, 2.75) is 45.6 Å². The first-order chi connectivity index (χ1) is 17.4. The summed E-state index contributed by atoms with van der Waals surface area (Å²) in [5.41, 5.74) is 10.6. The molecule has 5 rings (SSSR count). The van der Waals surface area contributed by atoms with Crippen molar-refractivity contribution in [2.75, 3.05) is 31.9 Å². The molecule has 4 heterocycles. The zero-order valence-electron chi connectivity index (χ0n) is 21.0. The lowest BCUT2D eigenvalue weighted by Crippen LogP contribution is -2.43. The second-order valence-corrected chi connectivity index (χ2v) is 10.4. The van der Waals surface area contributed by atoms with Crippen LogP contribution in [0.5, 0.6) is 0 Å². The number of nitrogens with zero attached hydrogens (tertiary/aromatic N) is 5. The Morgan fingerprint density at radius 1 is 1.06 bits per heavy atom. The van der Waals surface area contributed by atoms with E-state index in [1.165, 1.54) is 12.8 Å². The molecule has 8 heteroatoms. The molecule has 0 saturated carbocycles. The molecule has 7 nitrogen and oxygen atoms in total. The molecule has 1 atom stereocenters. The molecule has 2 N–H and O–H groups in total. The monoisotopic (exact) mass is 504 g/mol. The summed E-state index contributed by atoms with van der Waals surface area (Å²) in [6.45, 7) is 8.19. The number of aromatic nitrogens is 3. The Labute approximate surface area is 217 Å². The summed E-state index contributed by atoms with van der Waals surface area (Å²) in [6.07, 6.45) is 7.56. The molecule has 2 fully saturated rings. The molecule has 2 aliphatic heterocycles. The maximum atomic E-state index is 13.4. The van der Waals surface area contributed by atoms with Crippen LogP contribution in [0.1, 0.15) is 49.2 Å². The number of carbonyl (C=O) groups is 1. The lowest BCUT2D eigenvalue weighted by molar-refractivity contribution is 0.0766. The van der Waals surface area contributed by atoms with Crippen LogP contribution >= 0.6 is 11.6 Å². The number of nitrogens with two attached hydrogens (primary N) is 1. The average Bonchev–Trinajstić information content (AvgIpc) is 3.39. The molecule has 188 valence electrons. The first-order valence-corrected chi connectivity index (χ1v) is 13.2. The number of halogens is 1. The quantitative estimate of drug-likeness (QED) is 0.529. The van der Waals surface area contributed by atoms with Gasteiger partial charge in [-0.1, -0.05) is 31.5 Å². The number of benzene rings is 1. The van der Waals surface area contributed by atoms with Crippen LogP contribution in [0.4, 0.5) is 5.82 Å². The summed E-state index contributed by atoms with van der Waals surface area (Å²) in [5.74, 6) is 1.26. The van der Waals surface area contributed by atoms with Crippen LogP contribution in [-0.4, -0.2) is 62.9 Å². The molecular formula is C28H33ClN6O. The van der Waals surface area contributed by atoms with Gasteiger partial charge in [0.25, 0.3) is 5.91 Å². The number of nitrogen functional groups attached to an aromatic ring is 1. The van der Waals surface area contributed by atoms with E-state index < -0.39 is 0 Å². The fourth-order valence-electron chi connectivity index (χ4n) is 5.39. The van der Waals surface area contributed by atoms with Crippen molar-refractivity contribution >= 4 is 23.3 Å². The zero-order valence-corrected chi connectivity index (χ0v) is 21.7. The number of likely N-dealkylation sites (tertiary alicyclic amines) is 2. The number of amides is 1. The van der Waals surface area contributed by atoms with Crippen molar-refractivity contribution in [3.63, 3.8) is 0 Å². The summed E-state index contributed by atoms with van der Waals surface area (Å²) < 4.78 is 0. The molecule has 0 bridgehead atoms. The van der Waals surface area contributed by atoms with Gasteiger partial charge in [-0.3, -0.25) is 9.69 Å². The Kier molecular flexibility index (Phi) is 7.21. The van der Waals surface area contributed by atoms with E-state index in [-0.39, 0.29) is 5.91 Å². The van der Waals surface area contributed by atoms with Crippen LogP contribution in [-0.2, 0) is 6.42 Å². The van der Waals surface area contributed by atoms with Gasteiger partial charge in [-0.2, -0.15) is 0 Å². The first kappa shape index (κ1) is 24.7. The number of carbonyl (C=O) groups excluding carboxylic acids is 1. The van der Waals surface area contributed by atoms with Gasteiger partial charge in [-0.25, -0.2) is 15.0 Å². The van der Waals surface area contributed by atoms with Gasteiger partial charge in [0, 0.05) is 42.0 Å². The molecule has 0 radical (unpaired) electrons. The molecular weight excluding hydrogens is 472 g/mol. The van der Waals surface area contributed by atoms with Gasteiger partial charge >= 0.3 is 0 Å². The second kappa shape index (κ2) is 10.5. The van der Waals surface area contributed by atoms with Gasteiger partial charge in [0.2, 0.25) is 0 Å². The normalized spacial score (nSPS) is 19.1. The number of aryl methyl sites for hydroxylation is 1. The summed E-state index contributed by atoms with van der Waals surface area (Å²) in [4.78, 5) is 31.2. The molecule has 1 unspecified atom stereocenters. The van der Waals surface area contributed by atoms with Crippen molar-refractivity contribution in [3.05, 3.63) is 59.1 Å². The molecule has 2 aromatic heterocycles. The van der Waals surface area contributed by atoms with E-state index in [4.69, 9.17) is 17.3 Å². The smallest absolute Gasteiger partial charge is 0.255 e. The van der Waals surface area contributed by atoms with E-state index in [1.54, 1.807) is 18.6 Å². The third kappa shape index (κ3) is 4.95. The van der Waals surface area contributed by atoms with E-state index in [0.29, 0.717) is 22.4 Å². The van der Waals surface area contributed by atoms with Crippen molar-refractivity contribution in [1.82, 2.24) is 24.8 Å². The van der Waals surface area contributed by atoms with E-state index in [2.05, 4.69) is 33.7 Å². The number of piperidine rings is 1. The number of anilines is 1. The van der Waals surface area contributed by atoms with E-state index in [1.807, 2.05) is 29.2 Å². The number of pyridine rings is 1. The highest BCUT2D eigenvalue weighted by Crippen LogP contribution is 2.35. The highest BCUT2D eigenvalue weighted by molar-refractivity contribution is 6.34. The minimum absolute atomic E-state index is 0.000629. The van der Waals surface area contributed by atoms with E-state index >= 15 is 0 Å². The van der Waals surface area contributed by atoms with Crippen LogP contribution in [0, 0.1) is 5.92 Å². The maximum absolute atomic E-state index is 13.4. The minimum atomic E-state index is -0.000629. The first-order valence-electron chi connectivity index (χ1n) is 12.8. The molecule has 2 saturated heterocycles. The van der Waals surface area contributed by atoms with E-state index in [9.17, 15) is 4.79 Å². The summed E-state index contributed by atoms with van der Waals surface area (Å²) in [6, 6.07) is 9.74. The average molecular weight is 505 g/mol. The predicted octanol–water partition coefficient (Wildman–Crippen LogP) is 4.95. The van der Waals surface area contributed by atoms with Crippen molar-refractivity contribution in [1.29, 1.82) is 0 Å². The molecule has 36 heavy (non-hydrogen) atoms. The van der Waals surface area contributed by atoms with Gasteiger partial charge in [0.05, 0.1) is 22.0 Å². The molecule has 1 aromatic carbocycles. The number of hydrogen-bond donors (Lipinski definition) is 1.